The molecule has 0 aromatic carbocycles. The van der Waals surface area contributed by atoms with Gasteiger partial charge in [0.15, 0.2) is 0 Å². The molecule has 4 nitrogen and oxygen atoms in total. The van der Waals surface area contributed by atoms with Gasteiger partial charge in [0.05, 0.1) is 11.9 Å². The molecule has 0 saturated carbocycles. The number of hydrogen-bond donors (Lipinski definition) is 1. The van der Waals surface area contributed by atoms with Crippen LogP contribution in [0.2, 0.25) is 0 Å². The number of ether oxygens (including phenoxy) is 1. The van der Waals surface area contributed by atoms with E-state index in [0.29, 0.717) is 6.61 Å². The summed E-state index contributed by atoms with van der Waals surface area (Å²) in [5.41, 5.74) is 0. The molecule has 0 aliphatic carbocycles. The van der Waals surface area contributed by atoms with Crippen LogP contribution in [0, 0.1) is 0 Å². The minimum atomic E-state index is -1.97. The SMILES string of the molecule is COCCO[P+](=O)C(O)CBr. The molecule has 0 bridgehead atoms. The van der Waals surface area contributed by atoms with Gasteiger partial charge in [0.1, 0.15) is 6.61 Å². The van der Waals surface area contributed by atoms with Crippen LogP contribution in [0.15, 0.2) is 0 Å². The summed E-state index contributed by atoms with van der Waals surface area (Å²) < 4.78 is 20.2. The summed E-state index contributed by atoms with van der Waals surface area (Å²) in [7, 11) is -0.450. The van der Waals surface area contributed by atoms with E-state index in [0.717, 1.165) is 0 Å². The monoisotopic (exact) mass is 245 g/mol. The number of rotatable bonds is 6. The van der Waals surface area contributed by atoms with Gasteiger partial charge in [-0.05, 0) is 4.57 Å². The minimum Gasteiger partial charge on any atom is -0.382 e. The number of hydrogen-bond acceptors (Lipinski definition) is 4. The van der Waals surface area contributed by atoms with Crippen molar-refractivity contribution in [1.82, 2.24) is 0 Å². The standard InChI is InChI=1S/C5H11BrO4P/c1-9-2-3-10-11(8)5(7)4-6/h5,7H,2-4H2,1H3/q+1. The van der Waals surface area contributed by atoms with E-state index in [9.17, 15) is 4.57 Å². The van der Waals surface area contributed by atoms with Crippen molar-refractivity contribution in [1.29, 1.82) is 0 Å². The zero-order valence-corrected chi connectivity index (χ0v) is 8.68. The fourth-order valence-corrected chi connectivity index (χ4v) is 1.60. The van der Waals surface area contributed by atoms with Crippen LogP contribution in [0.25, 0.3) is 0 Å². The summed E-state index contributed by atoms with van der Waals surface area (Å²) >= 11 is 2.98. The van der Waals surface area contributed by atoms with E-state index in [2.05, 4.69) is 20.7 Å². The van der Waals surface area contributed by atoms with Crippen molar-refractivity contribution in [3.05, 3.63) is 0 Å². The van der Waals surface area contributed by atoms with E-state index in [1.807, 2.05) is 0 Å². The number of aliphatic hydroxyl groups excluding tert-OH is 1. The Kier molecular flexibility index (Phi) is 7.43. The smallest absolute Gasteiger partial charge is 0.382 e. The molecule has 11 heavy (non-hydrogen) atoms. The van der Waals surface area contributed by atoms with Gasteiger partial charge in [0, 0.05) is 7.11 Å². The second-order valence-electron chi connectivity index (χ2n) is 1.75. The first-order valence-corrected chi connectivity index (χ1v) is 5.41. The number of alkyl halides is 1. The van der Waals surface area contributed by atoms with Gasteiger partial charge in [-0.2, -0.15) is 0 Å². The van der Waals surface area contributed by atoms with Crippen molar-refractivity contribution < 1.29 is 18.9 Å². The maximum absolute atomic E-state index is 10.8. The van der Waals surface area contributed by atoms with Crippen LogP contribution in [-0.4, -0.2) is 36.6 Å². The van der Waals surface area contributed by atoms with Crippen molar-refractivity contribution >= 4 is 24.0 Å². The molecule has 2 unspecified atom stereocenters. The Balaban J connectivity index is 3.36. The molecule has 0 heterocycles. The Morgan fingerprint density at radius 2 is 2.27 bits per heavy atom. The molecule has 0 fully saturated rings. The molecule has 0 aromatic rings. The molecular formula is C5H11BrO4P+. The lowest BCUT2D eigenvalue weighted by molar-refractivity contribution is 0.143. The van der Waals surface area contributed by atoms with Gasteiger partial charge in [0.25, 0.3) is 5.85 Å². The molecule has 0 spiro atoms. The lowest BCUT2D eigenvalue weighted by Gasteiger charge is -1.93. The molecule has 6 heteroatoms. The maximum Gasteiger partial charge on any atom is 0.541 e. The quantitative estimate of drug-likeness (QED) is 0.433. The van der Waals surface area contributed by atoms with Gasteiger partial charge in [-0.15, -0.1) is 4.52 Å². The van der Waals surface area contributed by atoms with E-state index in [1.54, 1.807) is 0 Å². The van der Waals surface area contributed by atoms with Gasteiger partial charge in [0.2, 0.25) is 0 Å². The molecule has 66 valence electrons. The van der Waals surface area contributed by atoms with E-state index >= 15 is 0 Å². The zero-order valence-electron chi connectivity index (χ0n) is 6.20. The molecule has 0 saturated heterocycles. The van der Waals surface area contributed by atoms with Gasteiger partial charge in [-0.1, -0.05) is 15.9 Å². The average molecular weight is 246 g/mol. The second-order valence-corrected chi connectivity index (χ2v) is 3.82. The fraction of sp³-hybridized carbons (Fsp3) is 1.00. The third-order valence-corrected chi connectivity index (χ3v) is 3.11. The predicted molar refractivity (Wildman–Crippen MR) is 45.2 cm³/mol. The first-order chi connectivity index (χ1) is 5.22. The molecular weight excluding hydrogens is 235 g/mol. The highest BCUT2D eigenvalue weighted by Gasteiger charge is 2.28. The lowest BCUT2D eigenvalue weighted by Crippen LogP contribution is -2.05. The Hall–Kier alpha value is 0.460. The van der Waals surface area contributed by atoms with Crippen LogP contribution in [0.1, 0.15) is 0 Å². The Morgan fingerprint density at radius 3 is 2.73 bits per heavy atom. The topological polar surface area (TPSA) is 55.8 Å². The summed E-state index contributed by atoms with van der Waals surface area (Å²) in [6.07, 6.45) is 0. The molecule has 1 N–H and O–H groups in total. The zero-order chi connectivity index (χ0) is 8.69. The van der Waals surface area contributed by atoms with Crippen LogP contribution in [-0.2, 0) is 13.8 Å². The summed E-state index contributed by atoms with van der Waals surface area (Å²) in [5.74, 6) is -0.929. The Bertz CT molecular complexity index is 121. The summed E-state index contributed by atoms with van der Waals surface area (Å²) in [5, 5.41) is 9.19. The highest BCUT2D eigenvalue weighted by molar-refractivity contribution is 9.09. The van der Waals surface area contributed by atoms with E-state index in [-0.39, 0.29) is 11.9 Å². The van der Waals surface area contributed by atoms with Crippen LogP contribution in [0.5, 0.6) is 0 Å². The van der Waals surface area contributed by atoms with Crippen LogP contribution < -0.4 is 0 Å². The highest BCUT2D eigenvalue weighted by Crippen LogP contribution is 2.28. The summed E-state index contributed by atoms with van der Waals surface area (Å²) in [6, 6.07) is 0. The molecule has 2 atom stereocenters. The maximum atomic E-state index is 10.8. The van der Waals surface area contributed by atoms with Crippen LogP contribution >= 0.6 is 24.0 Å². The largest absolute Gasteiger partial charge is 0.541 e. The van der Waals surface area contributed by atoms with Gasteiger partial charge >= 0.3 is 8.03 Å². The third kappa shape index (κ3) is 5.70. The molecule has 0 amide bonds. The number of halogens is 1. The molecule has 0 aliphatic heterocycles. The van der Waals surface area contributed by atoms with E-state index in [4.69, 9.17) is 9.63 Å². The minimum absolute atomic E-state index is 0.246. The number of methoxy groups -OCH3 is 1. The normalized spacial score (nSPS) is 14.6. The first-order valence-electron chi connectivity index (χ1n) is 3.04. The summed E-state index contributed by atoms with van der Waals surface area (Å²) in [4.78, 5) is 0. The fourth-order valence-electron chi connectivity index (χ4n) is 0.353. The summed E-state index contributed by atoms with van der Waals surface area (Å²) in [6.45, 7) is 0.631. The van der Waals surface area contributed by atoms with Crippen molar-refractivity contribution in [3.63, 3.8) is 0 Å². The third-order valence-electron chi connectivity index (χ3n) is 0.887. The first kappa shape index (κ1) is 11.5. The van der Waals surface area contributed by atoms with Gasteiger partial charge in [-0.25, -0.2) is 0 Å². The predicted octanol–water partition coefficient (Wildman–Crippen LogP) is 1.11. The van der Waals surface area contributed by atoms with Crippen molar-refractivity contribution in [3.8, 4) is 0 Å². The van der Waals surface area contributed by atoms with E-state index < -0.39 is 13.9 Å². The molecule has 0 radical (unpaired) electrons. The van der Waals surface area contributed by atoms with Crippen molar-refractivity contribution in [2.24, 2.45) is 0 Å². The second kappa shape index (κ2) is 7.13. The number of aliphatic hydroxyl groups is 1. The highest BCUT2D eigenvalue weighted by atomic mass is 79.9. The van der Waals surface area contributed by atoms with E-state index in [1.165, 1.54) is 7.11 Å². The Morgan fingerprint density at radius 1 is 1.64 bits per heavy atom. The molecule has 0 rings (SSSR count). The average Bonchev–Trinajstić information content (AvgIpc) is 2.03. The van der Waals surface area contributed by atoms with Crippen LogP contribution in [0.4, 0.5) is 0 Å². The van der Waals surface area contributed by atoms with Crippen LogP contribution in [0.3, 0.4) is 0 Å². The van der Waals surface area contributed by atoms with Gasteiger partial charge in [-0.3, -0.25) is 0 Å². The van der Waals surface area contributed by atoms with Crippen molar-refractivity contribution in [2.75, 3.05) is 25.7 Å². The Labute approximate surface area is 74.9 Å². The molecule has 0 aromatic heterocycles. The molecule has 0 aliphatic rings. The van der Waals surface area contributed by atoms with Gasteiger partial charge < -0.3 is 9.84 Å². The lowest BCUT2D eigenvalue weighted by atomic mass is 10.8. The van der Waals surface area contributed by atoms with Crippen molar-refractivity contribution in [2.45, 2.75) is 5.85 Å².